The molecule has 0 N–H and O–H groups in total. The number of carbonyl (C=O) groups excluding carboxylic acids is 1. The minimum Gasteiger partial charge on any atom is -0.497 e. The topological polar surface area (TPSA) is 44.8 Å². The molecule has 0 saturated carbocycles. The van der Waals surface area contributed by atoms with E-state index in [1.165, 1.54) is 5.57 Å². The Morgan fingerprint density at radius 2 is 2.00 bits per heavy atom. The number of hydrogen-bond donors (Lipinski definition) is 0. The van der Waals surface area contributed by atoms with E-state index in [0.717, 1.165) is 17.9 Å². The van der Waals surface area contributed by atoms with Crippen molar-refractivity contribution in [1.82, 2.24) is 0 Å². The maximum Gasteiger partial charge on any atom is 0.306 e. The van der Waals surface area contributed by atoms with Gasteiger partial charge in [0.25, 0.3) is 0 Å². The molecule has 0 aromatic heterocycles. The van der Waals surface area contributed by atoms with Gasteiger partial charge in [0.2, 0.25) is 0 Å². The first-order valence-electron chi connectivity index (χ1n) is 6.41. The van der Waals surface area contributed by atoms with Crippen LogP contribution in [-0.4, -0.2) is 25.8 Å². The molecular formula is C15H16O4. The van der Waals surface area contributed by atoms with Gasteiger partial charge in [0.15, 0.2) is 0 Å². The normalized spacial score (nSPS) is 24.7. The zero-order valence-electron chi connectivity index (χ0n) is 10.8. The molecule has 3 rings (SSSR count). The number of esters is 1. The predicted octanol–water partition coefficient (Wildman–Crippen LogP) is 2.34. The van der Waals surface area contributed by atoms with Crippen LogP contribution in [0.2, 0.25) is 0 Å². The summed E-state index contributed by atoms with van der Waals surface area (Å²) in [7, 11) is 1.64. The highest BCUT2D eigenvalue weighted by molar-refractivity contribution is 5.73. The van der Waals surface area contributed by atoms with E-state index < -0.39 is 0 Å². The molecule has 2 aliphatic rings. The molecule has 0 bridgehead atoms. The molecule has 0 amide bonds. The van der Waals surface area contributed by atoms with Gasteiger partial charge in [-0.25, -0.2) is 0 Å². The molecule has 1 heterocycles. The van der Waals surface area contributed by atoms with Crippen LogP contribution in [0.1, 0.15) is 12.8 Å². The van der Waals surface area contributed by atoms with E-state index in [4.69, 9.17) is 14.2 Å². The van der Waals surface area contributed by atoms with Gasteiger partial charge in [0.05, 0.1) is 13.5 Å². The number of ether oxygens (including phenoxy) is 3. The number of methoxy groups -OCH3 is 1. The first-order valence-corrected chi connectivity index (χ1v) is 6.41. The van der Waals surface area contributed by atoms with Crippen LogP contribution in [0.3, 0.4) is 0 Å². The van der Waals surface area contributed by atoms with E-state index in [1.807, 2.05) is 24.3 Å². The standard InChI is InChI=1S/C15H16O4/c1-17-11-3-5-12(6-4-11)18-9-10-2-7-14-13(10)8-15(16)19-14/h2-6,13-14H,7-9H2,1H3/t13-,14+/m0/s1. The Kier molecular flexibility index (Phi) is 3.15. The summed E-state index contributed by atoms with van der Waals surface area (Å²) in [5.74, 6) is 1.73. The van der Waals surface area contributed by atoms with Gasteiger partial charge in [-0.05, 0) is 29.8 Å². The van der Waals surface area contributed by atoms with Crippen LogP contribution in [0.25, 0.3) is 0 Å². The summed E-state index contributed by atoms with van der Waals surface area (Å²) in [6.07, 6.45) is 3.48. The van der Waals surface area contributed by atoms with Crippen LogP contribution in [-0.2, 0) is 9.53 Å². The van der Waals surface area contributed by atoms with Crippen molar-refractivity contribution in [3.05, 3.63) is 35.9 Å². The predicted molar refractivity (Wildman–Crippen MR) is 69.2 cm³/mol. The monoisotopic (exact) mass is 260 g/mol. The molecule has 4 heteroatoms. The van der Waals surface area contributed by atoms with Crippen molar-refractivity contribution in [1.29, 1.82) is 0 Å². The summed E-state index contributed by atoms with van der Waals surface area (Å²) < 4.78 is 16.1. The van der Waals surface area contributed by atoms with Crippen LogP contribution >= 0.6 is 0 Å². The number of rotatable bonds is 4. The van der Waals surface area contributed by atoms with E-state index in [1.54, 1.807) is 7.11 Å². The maximum absolute atomic E-state index is 11.2. The van der Waals surface area contributed by atoms with Crippen molar-refractivity contribution >= 4 is 5.97 Å². The maximum atomic E-state index is 11.2. The molecule has 0 spiro atoms. The Hall–Kier alpha value is -1.97. The van der Waals surface area contributed by atoms with E-state index in [2.05, 4.69) is 6.08 Å². The lowest BCUT2D eigenvalue weighted by Gasteiger charge is -2.13. The molecule has 1 aliphatic heterocycles. The highest BCUT2D eigenvalue weighted by atomic mass is 16.6. The van der Waals surface area contributed by atoms with Crippen LogP contribution < -0.4 is 9.47 Å². The van der Waals surface area contributed by atoms with Crippen LogP contribution in [0.15, 0.2) is 35.9 Å². The van der Waals surface area contributed by atoms with Crippen molar-refractivity contribution in [2.45, 2.75) is 18.9 Å². The lowest BCUT2D eigenvalue weighted by molar-refractivity contribution is -0.141. The molecule has 1 aliphatic carbocycles. The van der Waals surface area contributed by atoms with Crippen molar-refractivity contribution in [3.8, 4) is 11.5 Å². The van der Waals surface area contributed by atoms with Gasteiger partial charge in [0, 0.05) is 12.3 Å². The van der Waals surface area contributed by atoms with Gasteiger partial charge in [0.1, 0.15) is 24.2 Å². The SMILES string of the molecule is COc1ccc(OCC2=CC[C@H]3OC(=O)C[C@@H]23)cc1. The fourth-order valence-corrected chi connectivity index (χ4v) is 2.62. The van der Waals surface area contributed by atoms with Crippen molar-refractivity contribution in [3.63, 3.8) is 0 Å². The minimum absolute atomic E-state index is 0.0435. The van der Waals surface area contributed by atoms with Crippen molar-refractivity contribution < 1.29 is 19.0 Å². The molecule has 2 atom stereocenters. The fourth-order valence-electron chi connectivity index (χ4n) is 2.62. The second-order valence-corrected chi connectivity index (χ2v) is 4.82. The smallest absolute Gasteiger partial charge is 0.306 e. The lowest BCUT2D eigenvalue weighted by atomic mass is 9.99. The number of fused-ring (bicyclic) bond motifs is 1. The Morgan fingerprint density at radius 1 is 1.26 bits per heavy atom. The molecule has 1 fully saturated rings. The van der Waals surface area contributed by atoms with Crippen LogP contribution in [0.4, 0.5) is 0 Å². The Morgan fingerprint density at radius 3 is 2.74 bits per heavy atom. The second-order valence-electron chi connectivity index (χ2n) is 4.82. The van der Waals surface area contributed by atoms with Gasteiger partial charge < -0.3 is 14.2 Å². The number of hydrogen-bond acceptors (Lipinski definition) is 4. The zero-order valence-corrected chi connectivity index (χ0v) is 10.8. The average molecular weight is 260 g/mol. The largest absolute Gasteiger partial charge is 0.497 e. The quantitative estimate of drug-likeness (QED) is 0.615. The van der Waals surface area contributed by atoms with E-state index in [0.29, 0.717) is 13.0 Å². The molecule has 1 saturated heterocycles. The third-order valence-electron chi connectivity index (χ3n) is 3.67. The highest BCUT2D eigenvalue weighted by Gasteiger charge is 2.40. The number of carbonyl (C=O) groups is 1. The van der Waals surface area contributed by atoms with Crippen LogP contribution in [0, 0.1) is 5.92 Å². The summed E-state index contributed by atoms with van der Waals surface area (Å²) in [6, 6.07) is 7.48. The van der Waals surface area contributed by atoms with Crippen molar-refractivity contribution in [2.75, 3.05) is 13.7 Å². The number of benzene rings is 1. The highest BCUT2D eigenvalue weighted by Crippen LogP contribution is 2.37. The summed E-state index contributed by atoms with van der Waals surface area (Å²) in [5, 5.41) is 0. The third kappa shape index (κ3) is 2.43. The first-order chi connectivity index (χ1) is 9.26. The first kappa shape index (κ1) is 12.1. The van der Waals surface area contributed by atoms with Gasteiger partial charge in [-0.15, -0.1) is 0 Å². The van der Waals surface area contributed by atoms with Gasteiger partial charge in [-0.3, -0.25) is 4.79 Å². The van der Waals surface area contributed by atoms with Crippen LogP contribution in [0.5, 0.6) is 11.5 Å². The Balaban J connectivity index is 1.59. The summed E-state index contributed by atoms with van der Waals surface area (Å²) >= 11 is 0. The molecule has 100 valence electrons. The molecule has 4 nitrogen and oxygen atoms in total. The molecule has 0 radical (unpaired) electrons. The summed E-state index contributed by atoms with van der Waals surface area (Å²) in [4.78, 5) is 11.2. The Bertz CT molecular complexity index is 503. The summed E-state index contributed by atoms with van der Waals surface area (Å²) in [6.45, 7) is 0.518. The van der Waals surface area contributed by atoms with E-state index in [9.17, 15) is 4.79 Å². The minimum atomic E-state index is -0.0925. The Labute approximate surface area is 112 Å². The molecule has 1 aromatic carbocycles. The average Bonchev–Trinajstić information content (AvgIpc) is 2.96. The van der Waals surface area contributed by atoms with Gasteiger partial charge >= 0.3 is 5.97 Å². The van der Waals surface area contributed by atoms with Gasteiger partial charge in [-0.2, -0.15) is 0 Å². The lowest BCUT2D eigenvalue weighted by Crippen LogP contribution is -2.14. The van der Waals surface area contributed by atoms with Crippen molar-refractivity contribution in [2.24, 2.45) is 5.92 Å². The van der Waals surface area contributed by atoms with E-state index >= 15 is 0 Å². The van der Waals surface area contributed by atoms with E-state index in [-0.39, 0.29) is 18.0 Å². The fraction of sp³-hybridized carbons (Fsp3) is 0.400. The third-order valence-corrected chi connectivity index (χ3v) is 3.67. The molecule has 0 unspecified atom stereocenters. The zero-order chi connectivity index (χ0) is 13.2. The summed E-state index contributed by atoms with van der Waals surface area (Å²) in [5.41, 5.74) is 1.17. The molecule has 1 aromatic rings. The second kappa shape index (κ2) is 4.96. The molecular weight excluding hydrogens is 244 g/mol. The van der Waals surface area contributed by atoms with Gasteiger partial charge in [-0.1, -0.05) is 6.08 Å². The molecule has 19 heavy (non-hydrogen) atoms.